The number of para-hydroxylation sites is 1. The van der Waals surface area contributed by atoms with Gasteiger partial charge < -0.3 is 10.1 Å². The summed E-state index contributed by atoms with van der Waals surface area (Å²) in [5.41, 5.74) is 0.193. The van der Waals surface area contributed by atoms with E-state index in [2.05, 4.69) is 9.98 Å². The molecule has 0 atom stereocenters. The van der Waals surface area contributed by atoms with Gasteiger partial charge >= 0.3 is 0 Å². The summed E-state index contributed by atoms with van der Waals surface area (Å²) in [5.74, 6) is -0.285. The number of aliphatic imine (C=N–C) groups is 1. The fraction of sp³-hybridized carbons (Fsp3) is 0. The van der Waals surface area contributed by atoms with Crippen LogP contribution in [0.25, 0.3) is 10.9 Å². The standard InChI is InChI=1S/C16H9Cl3N2O2/c17-9-3-1-2-4-12(9)20-7-8-15(22)13-10(18)5-6-11(19)14(13)21-16(8)23/h1-7H,(H2,21,22,23). The van der Waals surface area contributed by atoms with Crippen molar-refractivity contribution in [2.24, 2.45) is 4.99 Å². The third-order valence-corrected chi connectivity index (χ3v) is 4.21. The van der Waals surface area contributed by atoms with E-state index in [1.807, 2.05) is 0 Å². The number of nitrogens with one attached hydrogen (secondary N) is 1. The van der Waals surface area contributed by atoms with Crippen LogP contribution in [0.5, 0.6) is 5.75 Å². The number of rotatable bonds is 2. The fourth-order valence-corrected chi connectivity index (χ4v) is 2.78. The van der Waals surface area contributed by atoms with Gasteiger partial charge in [-0.3, -0.25) is 9.79 Å². The van der Waals surface area contributed by atoms with Crippen molar-refractivity contribution in [1.29, 1.82) is 0 Å². The average molecular weight is 368 g/mol. The van der Waals surface area contributed by atoms with Crippen LogP contribution < -0.4 is 5.56 Å². The normalized spacial score (nSPS) is 11.4. The van der Waals surface area contributed by atoms with E-state index in [1.165, 1.54) is 6.21 Å². The number of fused-ring (bicyclic) bond motifs is 1. The highest BCUT2D eigenvalue weighted by Crippen LogP contribution is 2.35. The van der Waals surface area contributed by atoms with Crippen LogP contribution in [0.1, 0.15) is 5.56 Å². The summed E-state index contributed by atoms with van der Waals surface area (Å²) in [6.45, 7) is 0. The van der Waals surface area contributed by atoms with E-state index in [4.69, 9.17) is 34.8 Å². The molecule has 4 nitrogen and oxygen atoms in total. The molecule has 1 heterocycles. The van der Waals surface area contributed by atoms with E-state index >= 15 is 0 Å². The number of hydrogen-bond donors (Lipinski definition) is 2. The van der Waals surface area contributed by atoms with Crippen LogP contribution in [0.15, 0.2) is 46.2 Å². The molecule has 0 radical (unpaired) electrons. The summed E-state index contributed by atoms with van der Waals surface area (Å²) in [6, 6.07) is 9.98. The van der Waals surface area contributed by atoms with Crippen LogP contribution in [0.4, 0.5) is 5.69 Å². The van der Waals surface area contributed by atoms with Crippen LogP contribution >= 0.6 is 34.8 Å². The molecule has 0 unspecified atom stereocenters. The summed E-state index contributed by atoms with van der Waals surface area (Å²) in [4.78, 5) is 18.9. The molecule has 0 aliphatic rings. The lowest BCUT2D eigenvalue weighted by molar-refractivity contribution is 0.479. The summed E-state index contributed by atoms with van der Waals surface area (Å²) < 4.78 is 0. The molecule has 0 saturated carbocycles. The average Bonchev–Trinajstić information content (AvgIpc) is 2.52. The summed E-state index contributed by atoms with van der Waals surface area (Å²) in [6.07, 6.45) is 1.24. The van der Waals surface area contributed by atoms with Gasteiger partial charge in [0.25, 0.3) is 5.56 Å². The van der Waals surface area contributed by atoms with Gasteiger partial charge in [-0.2, -0.15) is 0 Å². The van der Waals surface area contributed by atoms with Crippen molar-refractivity contribution in [2.75, 3.05) is 0 Å². The second kappa shape index (κ2) is 6.24. The number of nitrogens with zero attached hydrogens (tertiary/aromatic N) is 1. The maximum Gasteiger partial charge on any atom is 0.261 e. The Morgan fingerprint density at radius 3 is 2.43 bits per heavy atom. The topological polar surface area (TPSA) is 65.5 Å². The third-order valence-electron chi connectivity index (χ3n) is 3.26. The lowest BCUT2D eigenvalue weighted by Gasteiger charge is -2.07. The van der Waals surface area contributed by atoms with Crippen molar-refractivity contribution in [3.8, 4) is 5.75 Å². The molecule has 116 valence electrons. The van der Waals surface area contributed by atoms with Crippen molar-refractivity contribution < 1.29 is 5.11 Å². The minimum atomic E-state index is -0.532. The molecule has 7 heteroatoms. The molecule has 0 saturated heterocycles. The van der Waals surface area contributed by atoms with Crippen molar-refractivity contribution in [3.63, 3.8) is 0 Å². The maximum absolute atomic E-state index is 12.2. The van der Waals surface area contributed by atoms with Crippen molar-refractivity contribution in [1.82, 2.24) is 4.98 Å². The number of halogens is 3. The molecule has 0 amide bonds. The Morgan fingerprint density at radius 1 is 1.00 bits per heavy atom. The SMILES string of the molecule is O=c1[nH]c2c(Cl)ccc(Cl)c2c(O)c1C=Nc1ccccc1Cl. The predicted molar refractivity (Wildman–Crippen MR) is 95.0 cm³/mol. The van der Waals surface area contributed by atoms with E-state index in [-0.39, 0.29) is 32.3 Å². The van der Waals surface area contributed by atoms with Crippen LogP contribution in [0.3, 0.4) is 0 Å². The molecule has 3 rings (SSSR count). The Balaban J connectivity index is 2.21. The summed E-state index contributed by atoms with van der Waals surface area (Å²) in [5, 5.41) is 11.6. The molecule has 2 aromatic carbocycles. The van der Waals surface area contributed by atoms with Gasteiger partial charge in [-0.1, -0.05) is 46.9 Å². The minimum absolute atomic E-state index is 0.0263. The first-order chi connectivity index (χ1) is 11.0. The molecule has 1 aromatic heterocycles. The second-order valence-electron chi connectivity index (χ2n) is 4.71. The molecule has 0 bridgehead atoms. The van der Waals surface area contributed by atoms with Gasteiger partial charge in [0.1, 0.15) is 11.3 Å². The molecular formula is C16H9Cl3N2O2. The zero-order chi connectivity index (χ0) is 16.6. The lowest BCUT2D eigenvalue weighted by Crippen LogP contribution is -2.12. The van der Waals surface area contributed by atoms with Gasteiger partial charge in [0.2, 0.25) is 0 Å². The zero-order valence-electron chi connectivity index (χ0n) is 11.5. The number of benzene rings is 2. The van der Waals surface area contributed by atoms with Crippen LogP contribution in [0.2, 0.25) is 15.1 Å². The zero-order valence-corrected chi connectivity index (χ0v) is 13.7. The Kier molecular flexibility index (Phi) is 4.31. The molecule has 3 aromatic rings. The highest BCUT2D eigenvalue weighted by Gasteiger charge is 2.15. The molecule has 0 aliphatic carbocycles. The molecule has 2 N–H and O–H groups in total. The van der Waals surface area contributed by atoms with Gasteiger partial charge in [-0.05, 0) is 24.3 Å². The first-order valence-corrected chi connectivity index (χ1v) is 7.64. The molecule has 0 aliphatic heterocycles. The summed E-state index contributed by atoms with van der Waals surface area (Å²) >= 11 is 18.1. The smallest absolute Gasteiger partial charge is 0.261 e. The Labute approximate surface area is 146 Å². The largest absolute Gasteiger partial charge is 0.506 e. The number of aromatic amines is 1. The van der Waals surface area contributed by atoms with Crippen LogP contribution in [-0.2, 0) is 0 Å². The van der Waals surface area contributed by atoms with Gasteiger partial charge in [-0.25, -0.2) is 0 Å². The van der Waals surface area contributed by atoms with Gasteiger partial charge in [0.15, 0.2) is 0 Å². The number of H-pyrrole nitrogens is 1. The highest BCUT2D eigenvalue weighted by molar-refractivity contribution is 6.40. The van der Waals surface area contributed by atoms with E-state index in [1.54, 1.807) is 36.4 Å². The van der Waals surface area contributed by atoms with Crippen molar-refractivity contribution >= 4 is 57.6 Å². The number of aromatic nitrogens is 1. The quantitative estimate of drug-likeness (QED) is 0.630. The van der Waals surface area contributed by atoms with E-state index < -0.39 is 5.56 Å². The maximum atomic E-state index is 12.2. The molecule has 23 heavy (non-hydrogen) atoms. The minimum Gasteiger partial charge on any atom is -0.506 e. The fourth-order valence-electron chi connectivity index (χ4n) is 2.14. The van der Waals surface area contributed by atoms with E-state index in [9.17, 15) is 9.90 Å². The molecule has 0 fully saturated rings. The Morgan fingerprint density at radius 2 is 1.70 bits per heavy atom. The molecular weight excluding hydrogens is 359 g/mol. The Bertz CT molecular complexity index is 997. The predicted octanol–water partition coefficient (Wildman–Crippen LogP) is 4.94. The van der Waals surface area contributed by atoms with E-state index in [0.29, 0.717) is 10.7 Å². The Hall–Kier alpha value is -2.01. The van der Waals surface area contributed by atoms with E-state index in [0.717, 1.165) is 0 Å². The number of pyridine rings is 1. The lowest BCUT2D eigenvalue weighted by atomic mass is 10.1. The van der Waals surface area contributed by atoms with Gasteiger partial charge in [0, 0.05) is 6.21 Å². The first-order valence-electron chi connectivity index (χ1n) is 6.50. The third kappa shape index (κ3) is 2.93. The van der Waals surface area contributed by atoms with Crippen molar-refractivity contribution in [3.05, 3.63) is 67.4 Å². The van der Waals surface area contributed by atoms with Crippen LogP contribution in [0, 0.1) is 0 Å². The monoisotopic (exact) mass is 366 g/mol. The molecule has 0 spiro atoms. The van der Waals surface area contributed by atoms with Crippen LogP contribution in [-0.4, -0.2) is 16.3 Å². The number of aromatic hydroxyl groups is 1. The second-order valence-corrected chi connectivity index (χ2v) is 5.93. The highest BCUT2D eigenvalue weighted by atomic mass is 35.5. The first kappa shape index (κ1) is 15.9. The number of hydrogen-bond acceptors (Lipinski definition) is 3. The van der Waals surface area contributed by atoms with Gasteiger partial charge in [-0.15, -0.1) is 0 Å². The summed E-state index contributed by atoms with van der Waals surface area (Å²) in [7, 11) is 0. The van der Waals surface area contributed by atoms with Gasteiger partial charge in [0.05, 0.1) is 31.7 Å². The van der Waals surface area contributed by atoms with Crippen molar-refractivity contribution in [2.45, 2.75) is 0 Å².